The molecule has 0 fully saturated rings. The maximum Gasteiger partial charge on any atom is 0.346 e. The Labute approximate surface area is 226 Å². The fraction of sp³-hybridized carbons (Fsp3) is 0.375. The summed E-state index contributed by atoms with van der Waals surface area (Å²) < 4.78 is 5.64. The molecule has 0 radical (unpaired) electrons. The molecule has 0 bridgehead atoms. The van der Waals surface area contributed by atoms with E-state index in [9.17, 15) is 4.79 Å². The first-order chi connectivity index (χ1) is 18.2. The van der Waals surface area contributed by atoms with E-state index in [0.717, 1.165) is 36.1 Å². The first-order valence-corrected chi connectivity index (χ1v) is 13.2. The molecule has 38 heavy (non-hydrogen) atoms. The zero-order chi connectivity index (χ0) is 27.5. The third-order valence-electron chi connectivity index (χ3n) is 6.43. The Bertz CT molecular complexity index is 1230. The number of ether oxygens (including phenoxy) is 1. The van der Waals surface area contributed by atoms with Gasteiger partial charge in [-0.15, -0.1) is 0 Å². The van der Waals surface area contributed by atoms with Gasteiger partial charge in [0.2, 0.25) is 0 Å². The van der Waals surface area contributed by atoms with E-state index in [4.69, 9.17) is 9.99 Å². The highest BCUT2D eigenvalue weighted by atomic mass is 17.1. The first-order valence-electron chi connectivity index (χ1n) is 13.2. The SMILES string of the molecule is CCOc1ccc(-c2cccc(CCC/C(C)=N/NCc3ccc(C(C)(C)C)cc3)c2)cc1CC(=O)OO. The summed E-state index contributed by atoms with van der Waals surface area (Å²) in [5.74, 6) is -0.107. The van der Waals surface area contributed by atoms with Crippen molar-refractivity contribution in [2.24, 2.45) is 5.10 Å². The molecular formula is C32H40N2O4. The summed E-state index contributed by atoms with van der Waals surface area (Å²) in [6.45, 7) is 11.8. The number of rotatable bonds is 12. The van der Waals surface area contributed by atoms with Gasteiger partial charge in [-0.25, -0.2) is 4.79 Å². The van der Waals surface area contributed by atoms with Crippen molar-refractivity contribution in [3.05, 3.63) is 89.0 Å². The molecule has 0 heterocycles. The number of carbonyl (C=O) groups excluding carboxylic acids is 1. The molecule has 6 heteroatoms. The topological polar surface area (TPSA) is 80.2 Å². The second kappa shape index (κ2) is 13.8. The fourth-order valence-corrected chi connectivity index (χ4v) is 4.28. The number of nitrogens with one attached hydrogen (secondary N) is 1. The van der Waals surface area contributed by atoms with Gasteiger partial charge < -0.3 is 15.1 Å². The van der Waals surface area contributed by atoms with Crippen LogP contribution in [-0.4, -0.2) is 23.5 Å². The molecule has 0 aliphatic rings. The summed E-state index contributed by atoms with van der Waals surface area (Å²) in [6, 6.07) is 22.9. The zero-order valence-electron chi connectivity index (χ0n) is 23.2. The third-order valence-corrected chi connectivity index (χ3v) is 6.43. The van der Waals surface area contributed by atoms with Crippen molar-refractivity contribution in [1.82, 2.24) is 5.43 Å². The van der Waals surface area contributed by atoms with Crippen LogP contribution in [0.25, 0.3) is 11.1 Å². The monoisotopic (exact) mass is 516 g/mol. The van der Waals surface area contributed by atoms with E-state index >= 15 is 0 Å². The molecule has 2 N–H and O–H groups in total. The molecule has 0 aliphatic carbocycles. The van der Waals surface area contributed by atoms with Crippen LogP contribution in [0.5, 0.6) is 5.75 Å². The van der Waals surface area contributed by atoms with Gasteiger partial charge in [0.05, 0.1) is 19.6 Å². The highest BCUT2D eigenvalue weighted by Gasteiger charge is 2.13. The van der Waals surface area contributed by atoms with Crippen LogP contribution in [0.15, 0.2) is 71.8 Å². The molecule has 0 atom stereocenters. The van der Waals surface area contributed by atoms with Crippen molar-refractivity contribution in [3.8, 4) is 16.9 Å². The molecule has 3 aromatic carbocycles. The zero-order valence-corrected chi connectivity index (χ0v) is 23.2. The van der Waals surface area contributed by atoms with Gasteiger partial charge in [-0.3, -0.25) is 0 Å². The normalized spacial score (nSPS) is 11.8. The van der Waals surface area contributed by atoms with Crippen molar-refractivity contribution < 1.29 is 19.7 Å². The lowest BCUT2D eigenvalue weighted by Crippen LogP contribution is -2.12. The van der Waals surface area contributed by atoms with Gasteiger partial charge in [-0.2, -0.15) is 10.4 Å². The summed E-state index contributed by atoms with van der Waals surface area (Å²) in [4.78, 5) is 15.5. The highest BCUT2D eigenvalue weighted by Crippen LogP contribution is 2.28. The predicted molar refractivity (Wildman–Crippen MR) is 154 cm³/mol. The number of hydrogen-bond donors (Lipinski definition) is 2. The maximum atomic E-state index is 11.7. The number of aryl methyl sites for hydroxylation is 1. The minimum absolute atomic E-state index is 0.0613. The molecule has 6 nitrogen and oxygen atoms in total. The smallest absolute Gasteiger partial charge is 0.346 e. The summed E-state index contributed by atoms with van der Waals surface area (Å²) in [7, 11) is 0. The Balaban J connectivity index is 1.55. The lowest BCUT2D eigenvalue weighted by atomic mass is 9.87. The molecule has 3 rings (SSSR count). The van der Waals surface area contributed by atoms with Crippen LogP contribution in [0.2, 0.25) is 0 Å². The largest absolute Gasteiger partial charge is 0.494 e. The second-order valence-electron chi connectivity index (χ2n) is 10.6. The van der Waals surface area contributed by atoms with E-state index in [1.165, 1.54) is 16.7 Å². The van der Waals surface area contributed by atoms with Gasteiger partial charge in [0.15, 0.2) is 0 Å². The fourth-order valence-electron chi connectivity index (χ4n) is 4.28. The van der Waals surface area contributed by atoms with Crippen LogP contribution in [0.3, 0.4) is 0 Å². The number of nitrogens with zero attached hydrogens (tertiary/aromatic N) is 1. The van der Waals surface area contributed by atoms with E-state index in [1.807, 2.05) is 25.1 Å². The second-order valence-corrected chi connectivity index (χ2v) is 10.6. The Morgan fingerprint density at radius 3 is 2.39 bits per heavy atom. The summed E-state index contributed by atoms with van der Waals surface area (Å²) in [5, 5.41) is 13.2. The van der Waals surface area contributed by atoms with E-state index in [-0.39, 0.29) is 11.8 Å². The number of hydrazone groups is 1. The Morgan fingerprint density at radius 1 is 0.974 bits per heavy atom. The Hall–Kier alpha value is -3.64. The van der Waals surface area contributed by atoms with Gasteiger partial charge in [-0.1, -0.05) is 75.4 Å². The maximum absolute atomic E-state index is 11.7. The van der Waals surface area contributed by atoms with Gasteiger partial charge in [-0.05, 0) is 78.5 Å². The van der Waals surface area contributed by atoms with E-state index in [0.29, 0.717) is 24.5 Å². The Morgan fingerprint density at radius 2 is 1.71 bits per heavy atom. The van der Waals surface area contributed by atoms with Crippen LogP contribution >= 0.6 is 0 Å². The van der Waals surface area contributed by atoms with Crippen LogP contribution in [0.1, 0.15) is 69.7 Å². The number of hydrogen-bond acceptors (Lipinski definition) is 6. The summed E-state index contributed by atoms with van der Waals surface area (Å²) >= 11 is 0. The van der Waals surface area contributed by atoms with E-state index in [1.54, 1.807) is 0 Å². The average molecular weight is 517 g/mol. The third kappa shape index (κ3) is 8.73. The lowest BCUT2D eigenvalue weighted by molar-refractivity contribution is -0.233. The molecular weight excluding hydrogens is 476 g/mol. The average Bonchev–Trinajstić information content (AvgIpc) is 2.89. The molecule has 0 amide bonds. The van der Waals surface area contributed by atoms with Crippen molar-refractivity contribution >= 4 is 11.7 Å². The highest BCUT2D eigenvalue weighted by molar-refractivity contribution is 5.81. The van der Waals surface area contributed by atoms with Gasteiger partial charge in [0, 0.05) is 11.3 Å². The quantitative estimate of drug-likeness (QED) is 0.152. The molecule has 0 saturated heterocycles. The molecule has 0 saturated carbocycles. The lowest BCUT2D eigenvalue weighted by Gasteiger charge is -2.19. The van der Waals surface area contributed by atoms with E-state index in [2.05, 4.69) is 91.6 Å². The molecule has 0 aromatic heterocycles. The van der Waals surface area contributed by atoms with E-state index < -0.39 is 5.97 Å². The number of carbonyl (C=O) groups is 1. The van der Waals surface area contributed by atoms with Crippen molar-refractivity contribution in [1.29, 1.82) is 0 Å². The van der Waals surface area contributed by atoms with Gasteiger partial charge in [0.1, 0.15) is 5.75 Å². The minimum atomic E-state index is -0.721. The van der Waals surface area contributed by atoms with Crippen LogP contribution < -0.4 is 10.2 Å². The van der Waals surface area contributed by atoms with Crippen LogP contribution in [-0.2, 0) is 34.5 Å². The van der Waals surface area contributed by atoms with Crippen LogP contribution in [0, 0.1) is 0 Å². The summed E-state index contributed by atoms with van der Waals surface area (Å²) in [6.07, 6.45) is 2.79. The van der Waals surface area contributed by atoms with Crippen LogP contribution in [0.4, 0.5) is 0 Å². The van der Waals surface area contributed by atoms with Crippen molar-refractivity contribution in [2.45, 2.75) is 72.3 Å². The minimum Gasteiger partial charge on any atom is -0.494 e. The van der Waals surface area contributed by atoms with Gasteiger partial charge in [0.25, 0.3) is 0 Å². The van der Waals surface area contributed by atoms with Crippen molar-refractivity contribution in [3.63, 3.8) is 0 Å². The summed E-state index contributed by atoms with van der Waals surface area (Å²) in [5.41, 5.74) is 11.0. The molecule has 0 spiro atoms. The molecule has 202 valence electrons. The number of benzene rings is 3. The predicted octanol–water partition coefficient (Wildman–Crippen LogP) is 7.10. The Kier molecular flexibility index (Phi) is 10.5. The van der Waals surface area contributed by atoms with Crippen molar-refractivity contribution in [2.75, 3.05) is 6.61 Å². The molecule has 0 aliphatic heterocycles. The molecule has 0 unspecified atom stereocenters. The van der Waals surface area contributed by atoms with Gasteiger partial charge >= 0.3 is 5.97 Å². The molecule has 3 aromatic rings. The standard InChI is InChI=1S/C32H40N2O4/c1-6-37-30-18-15-27(20-28(30)21-31(35)38-36)26-12-8-11-24(19-26)10-7-9-23(2)34-33-22-25-13-16-29(17-14-25)32(3,4)5/h8,11-20,33,36H,6-7,9-10,21-22H2,1-5H3/b34-23+. The first kappa shape index (κ1) is 28.9.